The van der Waals surface area contributed by atoms with Crippen molar-refractivity contribution in [3.8, 4) is 0 Å². The zero-order valence-electron chi connectivity index (χ0n) is 10.9. The van der Waals surface area contributed by atoms with E-state index in [1.165, 1.54) is 0 Å². The topological polar surface area (TPSA) is 30.5 Å². The second kappa shape index (κ2) is 6.01. The molecule has 1 spiro atoms. The van der Waals surface area contributed by atoms with Gasteiger partial charge in [-0.2, -0.15) is 0 Å². The van der Waals surface area contributed by atoms with Crippen LogP contribution in [0.1, 0.15) is 25.7 Å². The Labute approximate surface area is 137 Å². The minimum Gasteiger partial charge on any atom is -0.380 e. The summed E-state index contributed by atoms with van der Waals surface area (Å²) in [5.41, 5.74) is 0.811. The van der Waals surface area contributed by atoms with Crippen LogP contribution in [0.5, 0.6) is 0 Å². The first-order valence-electron chi connectivity index (χ1n) is 6.77. The van der Waals surface area contributed by atoms with Crippen molar-refractivity contribution in [2.24, 2.45) is 0 Å². The van der Waals surface area contributed by atoms with Gasteiger partial charge in [-0.15, -0.1) is 0 Å². The van der Waals surface area contributed by atoms with Crippen molar-refractivity contribution in [1.29, 1.82) is 0 Å². The molecular formula is C14H16BrCl2NO2. The van der Waals surface area contributed by atoms with E-state index in [0.717, 1.165) is 35.8 Å². The van der Waals surface area contributed by atoms with Crippen molar-refractivity contribution in [1.82, 2.24) is 0 Å². The number of halogens is 3. The van der Waals surface area contributed by atoms with Crippen LogP contribution in [0.25, 0.3) is 0 Å². The quantitative estimate of drug-likeness (QED) is 0.795. The SMILES string of the molecule is Clc1cc(Br)cc(Cl)c1NC1CCC2(CC1)OCCO2. The van der Waals surface area contributed by atoms with E-state index in [1.54, 1.807) is 0 Å². The van der Waals surface area contributed by atoms with Crippen LogP contribution in [-0.2, 0) is 9.47 Å². The third-order valence-electron chi connectivity index (χ3n) is 3.92. The number of anilines is 1. The van der Waals surface area contributed by atoms with E-state index in [0.29, 0.717) is 29.3 Å². The lowest BCUT2D eigenvalue weighted by atomic mass is 9.90. The second-order valence-corrected chi connectivity index (χ2v) is 7.00. The largest absolute Gasteiger partial charge is 0.380 e. The average molecular weight is 381 g/mol. The van der Waals surface area contributed by atoms with Gasteiger partial charge in [-0.25, -0.2) is 0 Å². The summed E-state index contributed by atoms with van der Waals surface area (Å²) in [7, 11) is 0. The smallest absolute Gasteiger partial charge is 0.168 e. The van der Waals surface area contributed by atoms with Crippen LogP contribution < -0.4 is 5.32 Å². The van der Waals surface area contributed by atoms with E-state index in [2.05, 4.69) is 21.2 Å². The Bertz CT molecular complexity index is 473. The molecule has 6 heteroatoms. The summed E-state index contributed by atoms with van der Waals surface area (Å²) in [4.78, 5) is 0. The van der Waals surface area contributed by atoms with Gasteiger partial charge in [-0.3, -0.25) is 0 Å². The molecular weight excluding hydrogens is 365 g/mol. The van der Waals surface area contributed by atoms with Gasteiger partial charge in [0, 0.05) is 23.4 Å². The fourth-order valence-corrected chi connectivity index (χ4v) is 4.19. The lowest BCUT2D eigenvalue weighted by Crippen LogP contribution is -2.39. The van der Waals surface area contributed by atoms with Crippen LogP contribution in [0.4, 0.5) is 5.69 Å². The van der Waals surface area contributed by atoms with Gasteiger partial charge < -0.3 is 14.8 Å². The first kappa shape index (κ1) is 14.9. The van der Waals surface area contributed by atoms with E-state index in [9.17, 15) is 0 Å². The molecule has 1 aromatic carbocycles. The highest BCUT2D eigenvalue weighted by molar-refractivity contribution is 9.10. The number of hydrogen-bond donors (Lipinski definition) is 1. The van der Waals surface area contributed by atoms with E-state index in [-0.39, 0.29) is 5.79 Å². The van der Waals surface area contributed by atoms with Gasteiger partial charge in [0.2, 0.25) is 0 Å². The minimum atomic E-state index is -0.328. The Kier molecular flexibility index (Phi) is 4.48. The zero-order valence-corrected chi connectivity index (χ0v) is 14.0. The Balaban J connectivity index is 1.65. The number of benzene rings is 1. The molecule has 3 nitrogen and oxygen atoms in total. The monoisotopic (exact) mass is 379 g/mol. The molecule has 2 fully saturated rings. The van der Waals surface area contributed by atoms with Gasteiger partial charge in [0.1, 0.15) is 0 Å². The summed E-state index contributed by atoms with van der Waals surface area (Å²) in [6, 6.07) is 4.05. The van der Waals surface area contributed by atoms with Crippen LogP contribution >= 0.6 is 39.1 Å². The van der Waals surface area contributed by atoms with Gasteiger partial charge in [-0.05, 0) is 25.0 Å². The molecule has 0 unspecified atom stereocenters. The van der Waals surface area contributed by atoms with Crippen molar-refractivity contribution < 1.29 is 9.47 Å². The summed E-state index contributed by atoms with van der Waals surface area (Å²) in [5.74, 6) is -0.328. The van der Waals surface area contributed by atoms with Crippen molar-refractivity contribution >= 4 is 44.8 Å². The molecule has 20 heavy (non-hydrogen) atoms. The van der Waals surface area contributed by atoms with Gasteiger partial charge in [0.05, 0.1) is 28.9 Å². The predicted octanol–water partition coefficient (Wildman–Crippen LogP) is 4.85. The van der Waals surface area contributed by atoms with Crippen molar-refractivity contribution in [2.45, 2.75) is 37.5 Å². The first-order valence-corrected chi connectivity index (χ1v) is 8.32. The summed E-state index contributed by atoms with van der Waals surface area (Å²) < 4.78 is 12.4. The molecule has 0 radical (unpaired) electrons. The summed E-state index contributed by atoms with van der Waals surface area (Å²) in [6.45, 7) is 1.42. The van der Waals surface area contributed by atoms with Crippen LogP contribution in [0.15, 0.2) is 16.6 Å². The standard InChI is InChI=1S/C14H16BrCl2NO2/c15-9-7-11(16)13(12(17)8-9)18-10-1-3-14(4-2-10)19-5-6-20-14/h7-8,10,18H,1-6H2. The van der Waals surface area contributed by atoms with E-state index < -0.39 is 0 Å². The highest BCUT2D eigenvalue weighted by atomic mass is 79.9. The molecule has 1 saturated carbocycles. The fraction of sp³-hybridized carbons (Fsp3) is 0.571. The van der Waals surface area contributed by atoms with Crippen LogP contribution in [0, 0.1) is 0 Å². The average Bonchev–Trinajstić information content (AvgIpc) is 2.85. The molecule has 1 saturated heterocycles. The molecule has 1 N–H and O–H groups in total. The molecule has 0 amide bonds. The van der Waals surface area contributed by atoms with Crippen LogP contribution in [0.3, 0.4) is 0 Å². The summed E-state index contributed by atoms with van der Waals surface area (Å²) >= 11 is 15.9. The number of ether oxygens (including phenoxy) is 2. The van der Waals surface area contributed by atoms with Crippen molar-refractivity contribution in [2.75, 3.05) is 18.5 Å². The van der Waals surface area contributed by atoms with E-state index in [4.69, 9.17) is 32.7 Å². The third kappa shape index (κ3) is 3.09. The fourth-order valence-electron chi connectivity index (χ4n) is 2.87. The molecule has 0 atom stereocenters. The molecule has 0 aromatic heterocycles. The predicted molar refractivity (Wildman–Crippen MR) is 84.7 cm³/mol. The zero-order chi connectivity index (χ0) is 14.2. The molecule has 0 bridgehead atoms. The maximum Gasteiger partial charge on any atom is 0.168 e. The molecule has 110 valence electrons. The number of nitrogens with one attached hydrogen (secondary N) is 1. The van der Waals surface area contributed by atoms with E-state index >= 15 is 0 Å². The Hall–Kier alpha value is -0.0000000000000000971. The Morgan fingerprint density at radius 2 is 1.65 bits per heavy atom. The van der Waals surface area contributed by atoms with E-state index in [1.807, 2.05) is 12.1 Å². The highest BCUT2D eigenvalue weighted by Gasteiger charge is 2.40. The molecule has 1 aromatic rings. The lowest BCUT2D eigenvalue weighted by molar-refractivity contribution is -0.177. The maximum absolute atomic E-state index is 6.25. The minimum absolute atomic E-state index is 0.328. The number of rotatable bonds is 2. The van der Waals surface area contributed by atoms with Gasteiger partial charge >= 0.3 is 0 Å². The molecule has 3 rings (SSSR count). The molecule has 1 aliphatic carbocycles. The first-order chi connectivity index (χ1) is 9.58. The molecule has 2 aliphatic rings. The molecule has 1 heterocycles. The third-order valence-corrected chi connectivity index (χ3v) is 4.97. The van der Waals surface area contributed by atoms with Crippen molar-refractivity contribution in [3.63, 3.8) is 0 Å². The lowest BCUT2D eigenvalue weighted by Gasteiger charge is -2.36. The van der Waals surface area contributed by atoms with Gasteiger partial charge in [-0.1, -0.05) is 39.1 Å². The highest BCUT2D eigenvalue weighted by Crippen LogP contribution is 2.39. The van der Waals surface area contributed by atoms with Crippen LogP contribution in [0.2, 0.25) is 10.0 Å². The van der Waals surface area contributed by atoms with Crippen molar-refractivity contribution in [3.05, 3.63) is 26.7 Å². The maximum atomic E-state index is 6.25. The number of hydrogen-bond acceptors (Lipinski definition) is 3. The van der Waals surface area contributed by atoms with Crippen LogP contribution in [-0.4, -0.2) is 25.0 Å². The molecule has 1 aliphatic heterocycles. The summed E-state index contributed by atoms with van der Waals surface area (Å²) in [6.07, 6.45) is 3.80. The second-order valence-electron chi connectivity index (χ2n) is 5.27. The summed E-state index contributed by atoms with van der Waals surface area (Å²) in [5, 5.41) is 4.73. The van der Waals surface area contributed by atoms with Gasteiger partial charge in [0.25, 0.3) is 0 Å². The van der Waals surface area contributed by atoms with Gasteiger partial charge in [0.15, 0.2) is 5.79 Å². The Morgan fingerprint density at radius 3 is 2.20 bits per heavy atom. The normalized spacial score (nSPS) is 22.4. The Morgan fingerprint density at radius 1 is 1.10 bits per heavy atom.